The molecular weight excluding hydrogens is 320 g/mol. The Morgan fingerprint density at radius 3 is 2.74 bits per heavy atom. The van der Waals surface area contributed by atoms with Crippen molar-refractivity contribution in [3.63, 3.8) is 0 Å². The van der Waals surface area contributed by atoms with Gasteiger partial charge in [-0.15, -0.1) is 0 Å². The Bertz CT molecular complexity index is 757. The molecule has 1 fully saturated rings. The van der Waals surface area contributed by atoms with Crippen molar-refractivity contribution in [1.29, 1.82) is 0 Å². The predicted molar refractivity (Wildman–Crippen MR) is 84.8 cm³/mol. The highest BCUT2D eigenvalue weighted by Crippen LogP contribution is 2.38. The van der Waals surface area contributed by atoms with Gasteiger partial charge >= 0.3 is 5.97 Å². The van der Waals surface area contributed by atoms with Crippen molar-refractivity contribution in [3.05, 3.63) is 51.5 Å². The van der Waals surface area contributed by atoms with E-state index >= 15 is 0 Å². The monoisotopic (exact) mass is 334 g/mol. The van der Waals surface area contributed by atoms with E-state index < -0.39 is 11.9 Å². The van der Waals surface area contributed by atoms with Crippen LogP contribution in [0.1, 0.15) is 18.5 Å². The summed E-state index contributed by atoms with van der Waals surface area (Å²) < 4.78 is 0. The van der Waals surface area contributed by atoms with Crippen LogP contribution in [0.25, 0.3) is 0 Å². The molecule has 0 aromatic carbocycles. The quantitative estimate of drug-likeness (QED) is 0.882. The molecule has 3 heterocycles. The zero-order chi connectivity index (χ0) is 16.6. The molecule has 0 amide bonds. The van der Waals surface area contributed by atoms with E-state index in [1.165, 1.54) is 12.3 Å². The zero-order valence-corrected chi connectivity index (χ0v) is 13.1. The van der Waals surface area contributed by atoms with Crippen LogP contribution in [-0.2, 0) is 4.79 Å². The third-order valence-electron chi connectivity index (χ3n) is 4.21. The summed E-state index contributed by atoms with van der Waals surface area (Å²) >= 11 is 5.85. The Kier molecular flexibility index (Phi) is 4.04. The van der Waals surface area contributed by atoms with E-state index in [4.69, 9.17) is 11.6 Å². The molecule has 1 saturated heterocycles. The summed E-state index contributed by atoms with van der Waals surface area (Å²) in [5, 5.41) is 16.5. The molecule has 0 spiro atoms. The number of aromatic nitrogens is 3. The SMILES string of the molecule is CC1[C@@H](C(=O)O)[C@H](c2ccc(Cl)cn2)CN1c1ccc(=O)[nH]n1. The summed E-state index contributed by atoms with van der Waals surface area (Å²) in [6.07, 6.45) is 1.52. The topological polar surface area (TPSA) is 99.2 Å². The van der Waals surface area contributed by atoms with Crippen molar-refractivity contribution in [1.82, 2.24) is 15.2 Å². The normalized spacial score (nSPS) is 23.9. The number of H-pyrrole nitrogens is 1. The van der Waals surface area contributed by atoms with Crippen LogP contribution < -0.4 is 10.5 Å². The van der Waals surface area contributed by atoms with Crippen molar-refractivity contribution in [2.45, 2.75) is 18.9 Å². The van der Waals surface area contributed by atoms with Gasteiger partial charge in [0.1, 0.15) is 5.82 Å². The van der Waals surface area contributed by atoms with Crippen molar-refractivity contribution in [2.24, 2.45) is 5.92 Å². The van der Waals surface area contributed by atoms with Gasteiger partial charge < -0.3 is 10.0 Å². The number of carbonyl (C=O) groups is 1. The molecule has 1 aliphatic rings. The lowest BCUT2D eigenvalue weighted by molar-refractivity contribution is -0.142. The van der Waals surface area contributed by atoms with E-state index in [1.54, 1.807) is 18.2 Å². The van der Waals surface area contributed by atoms with Gasteiger partial charge in [0, 0.05) is 36.5 Å². The van der Waals surface area contributed by atoms with E-state index in [2.05, 4.69) is 15.2 Å². The van der Waals surface area contributed by atoms with Crippen LogP contribution >= 0.6 is 11.6 Å². The van der Waals surface area contributed by atoms with Gasteiger partial charge in [0.2, 0.25) is 0 Å². The molecule has 1 aliphatic heterocycles. The first-order valence-electron chi connectivity index (χ1n) is 7.14. The molecule has 1 unspecified atom stereocenters. The number of aromatic amines is 1. The van der Waals surface area contributed by atoms with Gasteiger partial charge in [0.05, 0.1) is 10.9 Å². The van der Waals surface area contributed by atoms with Crippen molar-refractivity contribution < 1.29 is 9.90 Å². The minimum absolute atomic E-state index is 0.284. The minimum atomic E-state index is -0.883. The molecule has 2 aromatic heterocycles. The number of rotatable bonds is 3. The van der Waals surface area contributed by atoms with E-state index in [-0.39, 0.29) is 17.5 Å². The van der Waals surface area contributed by atoms with E-state index in [1.807, 2.05) is 11.8 Å². The summed E-state index contributed by atoms with van der Waals surface area (Å²) in [4.78, 5) is 29.0. The molecule has 0 saturated carbocycles. The first kappa shape index (κ1) is 15.5. The van der Waals surface area contributed by atoms with Gasteiger partial charge in [-0.1, -0.05) is 11.6 Å². The Morgan fingerprint density at radius 1 is 1.39 bits per heavy atom. The standard InChI is InChI=1S/C15H15ClN4O3/c1-8-14(15(22)23)10(11-3-2-9(16)6-17-11)7-20(8)12-4-5-13(21)19-18-12/h2-6,8,10,14H,7H2,1H3,(H,19,21)(H,22,23)/t8?,10-,14+/m0/s1. The molecule has 3 atom stereocenters. The first-order chi connectivity index (χ1) is 11.0. The lowest BCUT2D eigenvalue weighted by atomic mass is 9.88. The van der Waals surface area contributed by atoms with Gasteiger partial charge in [0.15, 0.2) is 0 Å². The van der Waals surface area contributed by atoms with Crippen LogP contribution in [-0.4, -0.2) is 38.8 Å². The second-order valence-corrected chi connectivity index (χ2v) is 5.98. The minimum Gasteiger partial charge on any atom is -0.481 e. The second kappa shape index (κ2) is 6.00. The molecular formula is C15H15ClN4O3. The van der Waals surface area contributed by atoms with Crippen molar-refractivity contribution in [3.8, 4) is 0 Å². The zero-order valence-electron chi connectivity index (χ0n) is 12.3. The number of pyridine rings is 1. The number of aliphatic carboxylic acids is 1. The highest BCUT2D eigenvalue weighted by Gasteiger charge is 2.45. The largest absolute Gasteiger partial charge is 0.481 e. The third kappa shape index (κ3) is 2.92. The lowest BCUT2D eigenvalue weighted by Gasteiger charge is -2.23. The van der Waals surface area contributed by atoms with Gasteiger partial charge in [-0.25, -0.2) is 5.10 Å². The number of nitrogens with one attached hydrogen (secondary N) is 1. The number of carboxylic acids is 1. The highest BCUT2D eigenvalue weighted by molar-refractivity contribution is 6.30. The second-order valence-electron chi connectivity index (χ2n) is 5.54. The van der Waals surface area contributed by atoms with Gasteiger partial charge in [-0.3, -0.25) is 14.6 Å². The van der Waals surface area contributed by atoms with Crippen LogP contribution in [0.5, 0.6) is 0 Å². The molecule has 0 radical (unpaired) electrons. The fourth-order valence-electron chi connectivity index (χ4n) is 3.08. The van der Waals surface area contributed by atoms with E-state index in [0.717, 1.165) is 0 Å². The van der Waals surface area contributed by atoms with Crippen LogP contribution in [0.3, 0.4) is 0 Å². The van der Waals surface area contributed by atoms with Crippen LogP contribution in [0.2, 0.25) is 5.02 Å². The summed E-state index contributed by atoms with van der Waals surface area (Å²) in [5.41, 5.74) is 0.381. The maximum Gasteiger partial charge on any atom is 0.309 e. The third-order valence-corrected chi connectivity index (χ3v) is 4.44. The number of hydrogen-bond acceptors (Lipinski definition) is 5. The summed E-state index contributed by atoms with van der Waals surface area (Å²) in [6, 6.07) is 6.13. The number of carboxylic acid groups (broad SMARTS) is 1. The average molecular weight is 335 g/mol. The fraction of sp³-hybridized carbons (Fsp3) is 0.333. The molecule has 2 N–H and O–H groups in total. The molecule has 3 rings (SSSR count). The molecule has 0 aliphatic carbocycles. The Balaban J connectivity index is 1.96. The Labute approximate surface area is 136 Å². The molecule has 23 heavy (non-hydrogen) atoms. The fourth-order valence-corrected chi connectivity index (χ4v) is 3.20. The number of hydrogen-bond donors (Lipinski definition) is 2. The Morgan fingerprint density at radius 2 is 2.17 bits per heavy atom. The Hall–Kier alpha value is -2.41. The molecule has 0 bridgehead atoms. The molecule has 120 valence electrons. The number of nitrogens with zero attached hydrogens (tertiary/aromatic N) is 3. The summed E-state index contributed by atoms with van der Waals surface area (Å²) in [5.74, 6) is -1.25. The summed E-state index contributed by atoms with van der Waals surface area (Å²) in [6.45, 7) is 2.29. The molecule has 2 aromatic rings. The molecule has 8 heteroatoms. The van der Waals surface area contributed by atoms with E-state index in [9.17, 15) is 14.7 Å². The van der Waals surface area contributed by atoms with Gasteiger partial charge in [0.25, 0.3) is 5.56 Å². The van der Waals surface area contributed by atoms with Crippen molar-refractivity contribution >= 4 is 23.4 Å². The van der Waals surface area contributed by atoms with Crippen LogP contribution in [0.4, 0.5) is 5.82 Å². The predicted octanol–water partition coefficient (Wildman–Crippen LogP) is 1.51. The number of halogens is 1. The van der Waals surface area contributed by atoms with Gasteiger partial charge in [-0.05, 0) is 25.1 Å². The molecule has 7 nitrogen and oxygen atoms in total. The van der Waals surface area contributed by atoms with Gasteiger partial charge in [-0.2, -0.15) is 5.10 Å². The maximum absolute atomic E-state index is 11.7. The number of anilines is 1. The summed E-state index contributed by atoms with van der Waals surface area (Å²) in [7, 11) is 0. The highest BCUT2D eigenvalue weighted by atomic mass is 35.5. The van der Waals surface area contributed by atoms with E-state index in [0.29, 0.717) is 23.1 Å². The lowest BCUT2D eigenvalue weighted by Crippen LogP contribution is -2.34. The van der Waals surface area contributed by atoms with Crippen LogP contribution in [0, 0.1) is 5.92 Å². The smallest absolute Gasteiger partial charge is 0.309 e. The van der Waals surface area contributed by atoms with Crippen LogP contribution in [0.15, 0.2) is 35.3 Å². The average Bonchev–Trinajstić information content (AvgIpc) is 2.86. The van der Waals surface area contributed by atoms with Crippen molar-refractivity contribution in [2.75, 3.05) is 11.4 Å². The first-order valence-corrected chi connectivity index (χ1v) is 7.52. The maximum atomic E-state index is 11.7.